The fraction of sp³-hybridized carbons (Fsp3) is 0.333. The number of anilines is 1. The first kappa shape index (κ1) is 21.9. The Kier molecular flexibility index (Phi) is 7.16. The second-order valence-corrected chi connectivity index (χ2v) is 7.63. The third kappa shape index (κ3) is 5.03. The standard InChI is InChI=1S/C24H27ClN2O3/c1-5-18-9-12-22(25)20(6-2)24(18)26-23(28)13-17-7-10-19(11-8-17)29-14-21-15(3)27-30-16(21)4/h7-12H,5-6,13-14H2,1-4H3,(H,26,28). The van der Waals surface area contributed by atoms with Gasteiger partial charge in [-0.05, 0) is 61.6 Å². The van der Waals surface area contributed by atoms with Crippen LogP contribution in [0.25, 0.3) is 0 Å². The highest BCUT2D eigenvalue weighted by atomic mass is 35.5. The summed E-state index contributed by atoms with van der Waals surface area (Å²) < 4.78 is 11.0. The number of ether oxygens (including phenoxy) is 1. The molecule has 3 aromatic rings. The number of aryl methyl sites for hydroxylation is 3. The second-order valence-electron chi connectivity index (χ2n) is 7.23. The molecule has 0 aliphatic carbocycles. The maximum absolute atomic E-state index is 12.7. The van der Waals surface area contributed by atoms with Gasteiger partial charge in [0.15, 0.2) is 0 Å². The normalized spacial score (nSPS) is 10.8. The largest absolute Gasteiger partial charge is 0.489 e. The van der Waals surface area contributed by atoms with Gasteiger partial charge in [-0.25, -0.2) is 0 Å². The molecule has 5 nitrogen and oxygen atoms in total. The van der Waals surface area contributed by atoms with Crippen molar-refractivity contribution in [2.75, 3.05) is 5.32 Å². The van der Waals surface area contributed by atoms with Crippen LogP contribution in [0.1, 0.15) is 47.6 Å². The van der Waals surface area contributed by atoms with Crippen molar-refractivity contribution in [3.05, 3.63) is 75.1 Å². The molecule has 0 fully saturated rings. The molecule has 3 rings (SSSR count). The van der Waals surface area contributed by atoms with Crippen LogP contribution in [-0.4, -0.2) is 11.1 Å². The van der Waals surface area contributed by atoms with E-state index in [2.05, 4.69) is 17.4 Å². The van der Waals surface area contributed by atoms with Crippen LogP contribution in [0.3, 0.4) is 0 Å². The summed E-state index contributed by atoms with van der Waals surface area (Å²) in [6.45, 7) is 8.27. The Hall–Kier alpha value is -2.79. The Morgan fingerprint density at radius 3 is 2.40 bits per heavy atom. The molecule has 0 saturated heterocycles. The third-order valence-corrected chi connectivity index (χ3v) is 5.55. The topological polar surface area (TPSA) is 64.4 Å². The summed E-state index contributed by atoms with van der Waals surface area (Å²) in [5.41, 5.74) is 5.62. The SMILES string of the molecule is CCc1ccc(Cl)c(CC)c1NC(=O)Cc1ccc(OCc2c(C)noc2C)cc1. The first-order chi connectivity index (χ1) is 14.4. The van der Waals surface area contributed by atoms with Gasteiger partial charge in [-0.2, -0.15) is 0 Å². The molecular formula is C24H27ClN2O3. The average molecular weight is 427 g/mol. The maximum Gasteiger partial charge on any atom is 0.228 e. The van der Waals surface area contributed by atoms with Crippen LogP contribution in [0, 0.1) is 13.8 Å². The molecule has 0 aliphatic heterocycles. The highest BCUT2D eigenvalue weighted by Gasteiger charge is 2.14. The number of rotatable bonds is 8. The van der Waals surface area contributed by atoms with Crippen molar-refractivity contribution in [2.24, 2.45) is 0 Å². The molecule has 1 amide bonds. The summed E-state index contributed by atoms with van der Waals surface area (Å²) in [4.78, 5) is 12.7. The number of nitrogens with zero attached hydrogens (tertiary/aromatic N) is 1. The molecule has 0 saturated carbocycles. The van der Waals surface area contributed by atoms with Gasteiger partial charge in [-0.3, -0.25) is 4.79 Å². The Labute approximate surface area is 182 Å². The van der Waals surface area contributed by atoms with Gasteiger partial charge in [0.2, 0.25) is 5.91 Å². The molecule has 158 valence electrons. The number of carbonyl (C=O) groups is 1. The maximum atomic E-state index is 12.7. The lowest BCUT2D eigenvalue weighted by Gasteiger charge is -2.16. The molecule has 0 bridgehead atoms. The Balaban J connectivity index is 1.63. The van der Waals surface area contributed by atoms with Crippen LogP contribution in [0.2, 0.25) is 5.02 Å². The molecule has 1 heterocycles. The molecular weight excluding hydrogens is 400 g/mol. The molecule has 0 aliphatic rings. The number of carbonyl (C=O) groups excluding carboxylic acids is 1. The Bertz CT molecular complexity index is 1010. The zero-order chi connectivity index (χ0) is 21.7. The van der Waals surface area contributed by atoms with Gasteiger partial charge in [0.05, 0.1) is 17.7 Å². The summed E-state index contributed by atoms with van der Waals surface area (Å²) in [6, 6.07) is 11.4. The summed E-state index contributed by atoms with van der Waals surface area (Å²) in [7, 11) is 0. The first-order valence-corrected chi connectivity index (χ1v) is 10.5. The minimum absolute atomic E-state index is 0.0638. The van der Waals surface area contributed by atoms with Gasteiger partial charge in [0.1, 0.15) is 18.1 Å². The average Bonchev–Trinajstić information content (AvgIpc) is 3.05. The van der Waals surface area contributed by atoms with Crippen molar-refractivity contribution < 1.29 is 14.1 Å². The molecule has 0 atom stereocenters. The van der Waals surface area contributed by atoms with Crippen molar-refractivity contribution in [2.45, 2.75) is 53.6 Å². The van der Waals surface area contributed by atoms with E-state index in [4.69, 9.17) is 20.9 Å². The van der Waals surface area contributed by atoms with Gasteiger partial charge in [0.25, 0.3) is 0 Å². The number of benzene rings is 2. The van der Waals surface area contributed by atoms with Crippen LogP contribution >= 0.6 is 11.6 Å². The smallest absolute Gasteiger partial charge is 0.228 e. The van der Waals surface area contributed by atoms with Gasteiger partial charge in [0, 0.05) is 10.7 Å². The first-order valence-electron chi connectivity index (χ1n) is 10.2. The highest BCUT2D eigenvalue weighted by molar-refractivity contribution is 6.32. The van der Waals surface area contributed by atoms with Crippen molar-refractivity contribution >= 4 is 23.2 Å². The quantitative estimate of drug-likeness (QED) is 0.492. The predicted molar refractivity (Wildman–Crippen MR) is 119 cm³/mol. The van der Waals surface area contributed by atoms with Gasteiger partial charge < -0.3 is 14.6 Å². The molecule has 0 spiro atoms. The van der Waals surface area contributed by atoms with E-state index < -0.39 is 0 Å². The van der Waals surface area contributed by atoms with Crippen molar-refractivity contribution in [1.82, 2.24) is 5.16 Å². The molecule has 0 unspecified atom stereocenters. The lowest BCUT2D eigenvalue weighted by atomic mass is 10.0. The molecule has 0 radical (unpaired) electrons. The van der Waals surface area contributed by atoms with E-state index >= 15 is 0 Å². The van der Waals surface area contributed by atoms with E-state index in [1.807, 2.05) is 57.2 Å². The molecule has 1 N–H and O–H groups in total. The number of hydrogen-bond acceptors (Lipinski definition) is 4. The van der Waals surface area contributed by atoms with Crippen molar-refractivity contribution in [1.29, 1.82) is 0 Å². The molecule has 30 heavy (non-hydrogen) atoms. The lowest BCUT2D eigenvalue weighted by molar-refractivity contribution is -0.115. The van der Waals surface area contributed by atoms with Crippen molar-refractivity contribution in [3.63, 3.8) is 0 Å². The molecule has 6 heteroatoms. The number of hydrogen-bond donors (Lipinski definition) is 1. The molecule has 2 aromatic carbocycles. The second kappa shape index (κ2) is 9.81. The van der Waals surface area contributed by atoms with E-state index in [1.54, 1.807) is 0 Å². The zero-order valence-electron chi connectivity index (χ0n) is 17.8. The van der Waals surface area contributed by atoms with E-state index in [-0.39, 0.29) is 12.3 Å². The van der Waals surface area contributed by atoms with Crippen LogP contribution < -0.4 is 10.1 Å². The van der Waals surface area contributed by atoms with Gasteiger partial charge in [-0.1, -0.05) is 48.8 Å². The Morgan fingerprint density at radius 1 is 1.07 bits per heavy atom. The fourth-order valence-electron chi connectivity index (χ4n) is 3.40. The van der Waals surface area contributed by atoms with E-state index in [0.29, 0.717) is 11.6 Å². The summed E-state index contributed by atoms with van der Waals surface area (Å²) in [5, 5.41) is 7.69. The van der Waals surface area contributed by atoms with E-state index in [1.165, 1.54) is 0 Å². The number of amides is 1. The van der Waals surface area contributed by atoms with E-state index in [0.717, 1.165) is 58.0 Å². The minimum Gasteiger partial charge on any atom is -0.489 e. The predicted octanol–water partition coefficient (Wildman–Crippen LogP) is 5.83. The van der Waals surface area contributed by atoms with Crippen LogP contribution in [-0.2, 0) is 30.7 Å². The van der Waals surface area contributed by atoms with Gasteiger partial charge in [-0.15, -0.1) is 0 Å². The number of halogens is 1. The summed E-state index contributed by atoms with van der Waals surface area (Å²) >= 11 is 6.33. The monoisotopic (exact) mass is 426 g/mol. The van der Waals surface area contributed by atoms with Gasteiger partial charge >= 0.3 is 0 Å². The molecule has 1 aromatic heterocycles. The van der Waals surface area contributed by atoms with Crippen LogP contribution in [0.4, 0.5) is 5.69 Å². The zero-order valence-corrected chi connectivity index (χ0v) is 18.6. The van der Waals surface area contributed by atoms with Crippen molar-refractivity contribution in [3.8, 4) is 5.75 Å². The fourth-order valence-corrected chi connectivity index (χ4v) is 3.69. The third-order valence-electron chi connectivity index (χ3n) is 5.19. The highest BCUT2D eigenvalue weighted by Crippen LogP contribution is 2.29. The van der Waals surface area contributed by atoms with Crippen LogP contribution in [0.15, 0.2) is 40.9 Å². The lowest BCUT2D eigenvalue weighted by Crippen LogP contribution is -2.17. The number of nitrogens with one attached hydrogen (secondary N) is 1. The Morgan fingerprint density at radius 2 is 1.80 bits per heavy atom. The van der Waals surface area contributed by atoms with Crippen LogP contribution in [0.5, 0.6) is 5.75 Å². The number of aromatic nitrogens is 1. The summed E-state index contributed by atoms with van der Waals surface area (Å²) in [5.74, 6) is 1.43. The minimum atomic E-state index is -0.0638. The summed E-state index contributed by atoms with van der Waals surface area (Å²) in [6.07, 6.45) is 1.87. The van der Waals surface area contributed by atoms with E-state index in [9.17, 15) is 4.79 Å².